The highest BCUT2D eigenvalue weighted by atomic mass is 35.5. The molecule has 0 unspecified atom stereocenters. The van der Waals surface area contributed by atoms with Crippen LogP contribution in [-0.4, -0.2) is 19.3 Å². The van der Waals surface area contributed by atoms with Crippen LogP contribution < -0.4 is 21.5 Å². The van der Waals surface area contributed by atoms with Crippen LogP contribution in [0.25, 0.3) is 10.7 Å². The highest BCUT2D eigenvalue weighted by molar-refractivity contribution is 7.12. The van der Waals surface area contributed by atoms with Gasteiger partial charge in [-0.05, 0) is 35.7 Å². The maximum absolute atomic E-state index is 12.9. The smallest absolute Gasteiger partial charge is 0.349 e. The van der Waals surface area contributed by atoms with Crippen molar-refractivity contribution in [1.82, 2.24) is 19.3 Å². The van der Waals surface area contributed by atoms with Crippen molar-refractivity contribution in [2.45, 2.75) is 6.67 Å². The number of aromatic nitrogens is 4. The van der Waals surface area contributed by atoms with Gasteiger partial charge in [-0.1, -0.05) is 23.2 Å². The average Bonchev–Trinajstić information content (AvgIpc) is 3.26. The van der Waals surface area contributed by atoms with Crippen LogP contribution in [0, 0.1) is 0 Å². The van der Waals surface area contributed by atoms with Crippen molar-refractivity contribution in [3.8, 4) is 22.2 Å². The summed E-state index contributed by atoms with van der Waals surface area (Å²) in [5, 5.41) is 6.29. The summed E-state index contributed by atoms with van der Waals surface area (Å²) in [5.74, 6) is 0.371. The summed E-state index contributed by atoms with van der Waals surface area (Å²) in [6, 6.07) is 9.06. The SMILES string of the molecule is O=c1[nH]c(=O)n(-c2cc(Cl)c(Oc3ccc(=O)n(-c4cccs4)c3)c(Cl)c2)nc1CF. The summed E-state index contributed by atoms with van der Waals surface area (Å²) in [7, 11) is 0. The fourth-order valence-electron chi connectivity index (χ4n) is 2.69. The van der Waals surface area contributed by atoms with Crippen molar-refractivity contribution in [3.63, 3.8) is 0 Å². The number of ether oxygens (including phenoxy) is 1. The first kappa shape index (κ1) is 21.0. The molecule has 3 heterocycles. The van der Waals surface area contributed by atoms with Crippen LogP contribution in [0.4, 0.5) is 4.39 Å². The molecule has 0 aliphatic heterocycles. The van der Waals surface area contributed by atoms with E-state index in [4.69, 9.17) is 27.9 Å². The van der Waals surface area contributed by atoms with Crippen molar-refractivity contribution in [3.05, 3.63) is 94.9 Å². The molecule has 3 aromatic heterocycles. The maximum Gasteiger partial charge on any atom is 0.349 e. The van der Waals surface area contributed by atoms with E-state index in [-0.39, 0.29) is 27.0 Å². The van der Waals surface area contributed by atoms with Crippen LogP contribution in [0.15, 0.2) is 62.4 Å². The van der Waals surface area contributed by atoms with Crippen LogP contribution in [0.1, 0.15) is 5.69 Å². The number of nitrogens with zero attached hydrogens (tertiary/aromatic N) is 3. The first-order valence-corrected chi connectivity index (χ1v) is 10.2. The molecular weight excluding hydrogens is 470 g/mol. The number of benzene rings is 1. The monoisotopic (exact) mass is 480 g/mol. The number of pyridine rings is 1. The Morgan fingerprint density at radius 2 is 1.87 bits per heavy atom. The Morgan fingerprint density at radius 1 is 1.13 bits per heavy atom. The fraction of sp³-hybridized carbons (Fsp3) is 0.0526. The molecule has 0 aliphatic carbocycles. The lowest BCUT2D eigenvalue weighted by Gasteiger charge is -2.13. The Labute approximate surface area is 186 Å². The van der Waals surface area contributed by atoms with Gasteiger partial charge in [0.2, 0.25) is 0 Å². The minimum absolute atomic E-state index is 0.0260. The molecule has 4 aromatic rings. The van der Waals surface area contributed by atoms with E-state index in [0.29, 0.717) is 10.8 Å². The molecule has 1 N–H and O–H groups in total. The van der Waals surface area contributed by atoms with Gasteiger partial charge in [-0.2, -0.15) is 9.78 Å². The number of alkyl halides is 1. The quantitative estimate of drug-likeness (QED) is 0.469. The second-order valence-corrected chi connectivity index (χ2v) is 7.86. The van der Waals surface area contributed by atoms with Crippen molar-refractivity contribution in [1.29, 1.82) is 0 Å². The zero-order valence-electron chi connectivity index (χ0n) is 15.3. The molecule has 1 aromatic carbocycles. The van der Waals surface area contributed by atoms with E-state index in [9.17, 15) is 18.8 Å². The Bertz CT molecular complexity index is 1420. The fourth-order valence-corrected chi connectivity index (χ4v) is 3.95. The van der Waals surface area contributed by atoms with Gasteiger partial charge in [-0.25, -0.2) is 9.18 Å². The zero-order valence-corrected chi connectivity index (χ0v) is 17.7. The van der Waals surface area contributed by atoms with Crippen molar-refractivity contribution < 1.29 is 9.13 Å². The van der Waals surface area contributed by atoms with Gasteiger partial charge in [-0.3, -0.25) is 19.1 Å². The van der Waals surface area contributed by atoms with E-state index in [2.05, 4.69) is 5.10 Å². The van der Waals surface area contributed by atoms with Gasteiger partial charge in [0, 0.05) is 6.07 Å². The van der Waals surface area contributed by atoms with Crippen LogP contribution in [0.5, 0.6) is 11.5 Å². The molecule has 0 spiro atoms. The number of H-pyrrole nitrogens is 1. The first-order chi connectivity index (χ1) is 14.9. The first-order valence-electron chi connectivity index (χ1n) is 8.59. The molecule has 0 atom stereocenters. The van der Waals surface area contributed by atoms with Crippen molar-refractivity contribution in [2.75, 3.05) is 0 Å². The van der Waals surface area contributed by atoms with E-state index in [1.165, 1.54) is 46.4 Å². The zero-order chi connectivity index (χ0) is 22.1. The molecule has 0 saturated carbocycles. The summed E-state index contributed by atoms with van der Waals surface area (Å²) < 4.78 is 20.9. The summed E-state index contributed by atoms with van der Waals surface area (Å²) in [5.41, 5.74) is -2.41. The van der Waals surface area contributed by atoms with E-state index in [1.54, 1.807) is 6.07 Å². The standard InChI is InChI=1S/C19H11Cl2FN4O4S/c20-12-6-10(26-19(29)23-18(28)14(8-22)24-26)7-13(21)17(12)30-11-3-4-15(27)25(9-11)16-2-1-5-31-16/h1-7,9H,8H2,(H,23,28,29). The van der Waals surface area contributed by atoms with Crippen LogP contribution >= 0.6 is 34.5 Å². The van der Waals surface area contributed by atoms with Crippen molar-refractivity contribution >= 4 is 34.5 Å². The number of hydrogen-bond donors (Lipinski definition) is 1. The van der Waals surface area contributed by atoms with Gasteiger partial charge in [0.05, 0.1) is 21.9 Å². The normalized spacial score (nSPS) is 10.9. The molecule has 12 heteroatoms. The minimum atomic E-state index is -1.15. The summed E-state index contributed by atoms with van der Waals surface area (Å²) in [6.07, 6.45) is 1.50. The molecule has 0 saturated heterocycles. The predicted molar refractivity (Wildman–Crippen MR) is 115 cm³/mol. The molecular formula is C19H11Cl2FN4O4S. The number of hydrogen-bond acceptors (Lipinski definition) is 6. The third-order valence-electron chi connectivity index (χ3n) is 4.10. The van der Waals surface area contributed by atoms with Crippen LogP contribution in [0.3, 0.4) is 0 Å². The molecule has 0 amide bonds. The van der Waals surface area contributed by atoms with E-state index < -0.39 is 23.6 Å². The van der Waals surface area contributed by atoms with Gasteiger partial charge in [0.25, 0.3) is 11.1 Å². The molecule has 158 valence electrons. The van der Waals surface area contributed by atoms with Gasteiger partial charge in [0.15, 0.2) is 11.4 Å². The van der Waals surface area contributed by atoms with Crippen molar-refractivity contribution in [2.24, 2.45) is 0 Å². The lowest BCUT2D eigenvalue weighted by Crippen LogP contribution is -2.33. The minimum Gasteiger partial charge on any atom is -0.453 e. The molecule has 0 bridgehead atoms. The number of nitrogens with one attached hydrogen (secondary N) is 1. The number of halogens is 3. The number of aromatic amines is 1. The topological polar surface area (TPSA) is 99.0 Å². The number of thiophene rings is 1. The van der Waals surface area contributed by atoms with Gasteiger partial charge in [-0.15, -0.1) is 11.3 Å². The molecule has 8 nitrogen and oxygen atoms in total. The Kier molecular flexibility index (Phi) is 5.77. The third kappa shape index (κ3) is 4.18. The molecule has 0 fully saturated rings. The Hall–Kier alpha value is -3.21. The molecule has 31 heavy (non-hydrogen) atoms. The highest BCUT2D eigenvalue weighted by Gasteiger charge is 2.16. The van der Waals surface area contributed by atoms with E-state index in [1.807, 2.05) is 16.4 Å². The average molecular weight is 481 g/mol. The molecule has 4 rings (SSSR count). The third-order valence-corrected chi connectivity index (χ3v) is 5.53. The second-order valence-electron chi connectivity index (χ2n) is 6.12. The van der Waals surface area contributed by atoms with E-state index >= 15 is 0 Å². The van der Waals surface area contributed by atoms with Crippen LogP contribution in [-0.2, 0) is 6.67 Å². The summed E-state index contributed by atoms with van der Waals surface area (Å²) in [4.78, 5) is 37.7. The summed E-state index contributed by atoms with van der Waals surface area (Å²) >= 11 is 14.0. The second kappa shape index (κ2) is 8.50. The van der Waals surface area contributed by atoms with Gasteiger partial charge in [0.1, 0.15) is 17.4 Å². The Morgan fingerprint density at radius 3 is 2.52 bits per heavy atom. The van der Waals surface area contributed by atoms with Crippen LogP contribution in [0.2, 0.25) is 10.0 Å². The Balaban J connectivity index is 1.73. The maximum atomic E-state index is 12.9. The molecule has 0 aliphatic rings. The van der Waals surface area contributed by atoms with E-state index in [0.717, 1.165) is 4.68 Å². The lowest BCUT2D eigenvalue weighted by molar-refractivity contribution is 0.460. The van der Waals surface area contributed by atoms with Gasteiger partial charge < -0.3 is 4.74 Å². The summed E-state index contributed by atoms with van der Waals surface area (Å²) in [6.45, 7) is -1.15. The van der Waals surface area contributed by atoms with Gasteiger partial charge >= 0.3 is 5.69 Å². The largest absolute Gasteiger partial charge is 0.453 e. The number of rotatable bonds is 5. The lowest BCUT2D eigenvalue weighted by atomic mass is 10.3. The predicted octanol–water partition coefficient (Wildman–Crippen LogP) is 3.70. The highest BCUT2D eigenvalue weighted by Crippen LogP contribution is 2.38. The molecule has 0 radical (unpaired) electrons.